The van der Waals surface area contributed by atoms with E-state index in [2.05, 4.69) is 54.9 Å². The molecule has 120 valence electrons. The Morgan fingerprint density at radius 3 is 2.68 bits per heavy atom. The quantitative estimate of drug-likeness (QED) is 0.887. The number of nitrogens with one attached hydrogen (secondary N) is 1. The lowest BCUT2D eigenvalue weighted by atomic mass is 9.63. The van der Waals surface area contributed by atoms with E-state index in [1.54, 1.807) is 5.56 Å². The Kier molecular flexibility index (Phi) is 4.58. The highest BCUT2D eigenvalue weighted by molar-refractivity contribution is 5.40. The number of benzene rings is 1. The summed E-state index contributed by atoms with van der Waals surface area (Å²) in [5.74, 6) is 0. The van der Waals surface area contributed by atoms with Crippen LogP contribution in [0.2, 0.25) is 0 Å². The fourth-order valence-corrected chi connectivity index (χ4v) is 4.48. The molecule has 1 aliphatic carbocycles. The SMILES string of the molecule is C=C(C)NC1CCC2(CCN(CCC)CC2)c2ccccc21. The van der Waals surface area contributed by atoms with Crippen LogP contribution in [-0.4, -0.2) is 24.5 Å². The van der Waals surface area contributed by atoms with Crippen LogP contribution in [0.4, 0.5) is 0 Å². The molecule has 2 nitrogen and oxygen atoms in total. The van der Waals surface area contributed by atoms with Crippen molar-refractivity contribution >= 4 is 0 Å². The van der Waals surface area contributed by atoms with Crippen molar-refractivity contribution in [2.24, 2.45) is 0 Å². The van der Waals surface area contributed by atoms with E-state index in [1.165, 1.54) is 57.3 Å². The molecule has 0 saturated carbocycles. The molecule has 1 heterocycles. The van der Waals surface area contributed by atoms with Crippen LogP contribution in [0, 0.1) is 0 Å². The number of nitrogens with zero attached hydrogens (tertiary/aromatic N) is 1. The molecule has 1 fully saturated rings. The Balaban J connectivity index is 1.84. The van der Waals surface area contributed by atoms with Gasteiger partial charge in [-0.05, 0) is 75.2 Å². The van der Waals surface area contributed by atoms with E-state index in [0.29, 0.717) is 11.5 Å². The van der Waals surface area contributed by atoms with Gasteiger partial charge in [-0.3, -0.25) is 0 Å². The number of piperidine rings is 1. The maximum atomic E-state index is 4.04. The highest BCUT2D eigenvalue weighted by Crippen LogP contribution is 2.48. The van der Waals surface area contributed by atoms with Crippen molar-refractivity contribution < 1.29 is 0 Å². The lowest BCUT2D eigenvalue weighted by Crippen LogP contribution is -2.45. The normalized spacial score (nSPS) is 24.0. The number of hydrogen-bond acceptors (Lipinski definition) is 2. The van der Waals surface area contributed by atoms with Crippen molar-refractivity contribution in [3.8, 4) is 0 Å². The van der Waals surface area contributed by atoms with Gasteiger partial charge in [0.25, 0.3) is 0 Å². The van der Waals surface area contributed by atoms with Crippen LogP contribution >= 0.6 is 0 Å². The second kappa shape index (κ2) is 6.45. The Hall–Kier alpha value is -1.28. The third-order valence-electron chi connectivity index (χ3n) is 5.59. The topological polar surface area (TPSA) is 15.3 Å². The average molecular weight is 298 g/mol. The molecule has 2 aliphatic rings. The third-order valence-corrected chi connectivity index (χ3v) is 5.59. The summed E-state index contributed by atoms with van der Waals surface area (Å²) < 4.78 is 0. The van der Waals surface area contributed by atoms with Gasteiger partial charge in [-0.2, -0.15) is 0 Å². The van der Waals surface area contributed by atoms with Crippen LogP contribution in [0.15, 0.2) is 36.5 Å². The summed E-state index contributed by atoms with van der Waals surface area (Å²) in [6.07, 6.45) is 6.47. The molecule has 1 saturated heterocycles. The van der Waals surface area contributed by atoms with Gasteiger partial charge in [-0.15, -0.1) is 0 Å². The smallest absolute Gasteiger partial charge is 0.0513 e. The van der Waals surface area contributed by atoms with Crippen LogP contribution in [0.1, 0.15) is 63.1 Å². The van der Waals surface area contributed by atoms with E-state index in [4.69, 9.17) is 0 Å². The van der Waals surface area contributed by atoms with Crippen molar-refractivity contribution in [1.29, 1.82) is 0 Å². The first-order valence-corrected chi connectivity index (χ1v) is 8.88. The van der Waals surface area contributed by atoms with Crippen LogP contribution in [0.25, 0.3) is 0 Å². The second-order valence-corrected chi connectivity index (χ2v) is 7.23. The zero-order valence-corrected chi connectivity index (χ0v) is 14.2. The molecule has 1 N–H and O–H groups in total. The van der Waals surface area contributed by atoms with Crippen molar-refractivity contribution in [2.45, 2.75) is 57.4 Å². The molecule has 2 heteroatoms. The van der Waals surface area contributed by atoms with Crippen molar-refractivity contribution in [3.05, 3.63) is 47.7 Å². The van der Waals surface area contributed by atoms with E-state index in [0.717, 1.165) is 5.70 Å². The van der Waals surface area contributed by atoms with Crippen molar-refractivity contribution in [2.75, 3.05) is 19.6 Å². The second-order valence-electron chi connectivity index (χ2n) is 7.23. The molecular formula is C20H30N2. The Morgan fingerprint density at radius 2 is 2.00 bits per heavy atom. The molecular weight excluding hydrogens is 268 g/mol. The fraction of sp³-hybridized carbons (Fsp3) is 0.600. The van der Waals surface area contributed by atoms with Crippen molar-refractivity contribution in [3.63, 3.8) is 0 Å². The van der Waals surface area contributed by atoms with Crippen LogP contribution in [0.3, 0.4) is 0 Å². The number of likely N-dealkylation sites (tertiary alicyclic amines) is 1. The lowest BCUT2D eigenvalue weighted by Gasteiger charge is -2.47. The summed E-state index contributed by atoms with van der Waals surface area (Å²) in [5, 5.41) is 3.58. The molecule has 0 aromatic heterocycles. The summed E-state index contributed by atoms with van der Waals surface area (Å²) in [5.41, 5.74) is 4.62. The first-order chi connectivity index (χ1) is 10.6. The number of hydrogen-bond donors (Lipinski definition) is 1. The predicted molar refractivity (Wildman–Crippen MR) is 94.0 cm³/mol. The molecule has 0 amide bonds. The zero-order chi connectivity index (χ0) is 15.6. The molecule has 1 unspecified atom stereocenters. The summed E-state index contributed by atoms with van der Waals surface area (Å²) in [7, 11) is 0. The Bertz CT molecular complexity index is 526. The van der Waals surface area contributed by atoms with Gasteiger partial charge in [0.1, 0.15) is 0 Å². The lowest BCUT2D eigenvalue weighted by molar-refractivity contribution is 0.140. The molecule has 1 spiro atoms. The van der Waals surface area contributed by atoms with Gasteiger partial charge in [0.15, 0.2) is 0 Å². The molecule has 3 rings (SSSR count). The molecule has 1 aromatic carbocycles. The summed E-state index contributed by atoms with van der Waals surface area (Å²) >= 11 is 0. The van der Waals surface area contributed by atoms with Gasteiger partial charge < -0.3 is 10.2 Å². The molecule has 22 heavy (non-hydrogen) atoms. The minimum absolute atomic E-state index is 0.425. The number of fused-ring (bicyclic) bond motifs is 2. The Morgan fingerprint density at radius 1 is 1.27 bits per heavy atom. The van der Waals surface area contributed by atoms with Gasteiger partial charge in [0, 0.05) is 5.70 Å². The monoisotopic (exact) mass is 298 g/mol. The molecule has 1 aliphatic heterocycles. The van der Waals surface area contributed by atoms with E-state index in [-0.39, 0.29) is 0 Å². The summed E-state index contributed by atoms with van der Waals surface area (Å²) in [6, 6.07) is 9.58. The Labute approximate surface area is 135 Å². The predicted octanol–water partition coefficient (Wildman–Crippen LogP) is 4.39. The highest BCUT2D eigenvalue weighted by atomic mass is 15.1. The van der Waals surface area contributed by atoms with Gasteiger partial charge in [-0.25, -0.2) is 0 Å². The average Bonchev–Trinajstić information content (AvgIpc) is 2.53. The van der Waals surface area contributed by atoms with E-state index < -0.39 is 0 Å². The standard InChI is InChI=1S/C20H30N2/c1-4-13-22-14-11-20(12-15-22)10-9-19(21-16(2)3)17-7-5-6-8-18(17)20/h5-8,19,21H,2,4,9-15H2,1,3H3. The maximum absolute atomic E-state index is 4.04. The largest absolute Gasteiger partial charge is 0.382 e. The van der Waals surface area contributed by atoms with Gasteiger partial charge in [0.05, 0.1) is 6.04 Å². The zero-order valence-electron chi connectivity index (χ0n) is 14.2. The summed E-state index contributed by atoms with van der Waals surface area (Å²) in [4.78, 5) is 2.64. The van der Waals surface area contributed by atoms with Gasteiger partial charge in [0.2, 0.25) is 0 Å². The van der Waals surface area contributed by atoms with Crippen LogP contribution < -0.4 is 5.32 Å². The van der Waals surface area contributed by atoms with Crippen molar-refractivity contribution in [1.82, 2.24) is 10.2 Å². The first-order valence-electron chi connectivity index (χ1n) is 8.88. The van der Waals surface area contributed by atoms with Gasteiger partial charge >= 0.3 is 0 Å². The van der Waals surface area contributed by atoms with Crippen LogP contribution in [-0.2, 0) is 5.41 Å². The minimum Gasteiger partial charge on any atom is -0.382 e. The van der Waals surface area contributed by atoms with Gasteiger partial charge in [-0.1, -0.05) is 37.8 Å². The summed E-state index contributed by atoms with van der Waals surface area (Å²) in [6.45, 7) is 12.2. The molecule has 1 atom stereocenters. The highest BCUT2D eigenvalue weighted by Gasteiger charge is 2.41. The fourth-order valence-electron chi connectivity index (χ4n) is 4.48. The van der Waals surface area contributed by atoms with E-state index >= 15 is 0 Å². The maximum Gasteiger partial charge on any atom is 0.0513 e. The molecule has 0 bridgehead atoms. The van der Waals surface area contributed by atoms with E-state index in [9.17, 15) is 0 Å². The number of rotatable bonds is 4. The molecule has 1 aromatic rings. The number of allylic oxidation sites excluding steroid dienone is 1. The van der Waals surface area contributed by atoms with Crippen LogP contribution in [0.5, 0.6) is 0 Å². The van der Waals surface area contributed by atoms with E-state index in [1.807, 2.05) is 0 Å². The first kappa shape index (κ1) is 15.6. The molecule has 0 radical (unpaired) electrons. The minimum atomic E-state index is 0.425. The third kappa shape index (κ3) is 2.94.